The van der Waals surface area contributed by atoms with Crippen LogP contribution in [0.2, 0.25) is 0 Å². The summed E-state index contributed by atoms with van der Waals surface area (Å²) in [5.74, 6) is 0.365. The van der Waals surface area contributed by atoms with Crippen molar-refractivity contribution in [3.8, 4) is 0 Å². The number of aliphatic hydroxyl groups excluding tert-OH is 1. The minimum Gasteiger partial charge on any atom is -0.463 e. The number of aliphatic hydroxyl groups is 1. The average molecular weight is 627 g/mol. The maximum absolute atomic E-state index is 11.6. The molecule has 0 amide bonds. The zero-order chi connectivity index (χ0) is 34.4. The summed E-state index contributed by atoms with van der Waals surface area (Å²) < 4.78 is 43.7. The Hall–Kier alpha value is -2.87. The van der Waals surface area contributed by atoms with Gasteiger partial charge in [0.15, 0.2) is 6.61 Å². The van der Waals surface area contributed by atoms with Crippen molar-refractivity contribution >= 4 is 11.9 Å². The van der Waals surface area contributed by atoms with Crippen LogP contribution in [0, 0.1) is 10.8 Å². The van der Waals surface area contributed by atoms with E-state index in [1.165, 1.54) is 24.0 Å². The van der Waals surface area contributed by atoms with Crippen molar-refractivity contribution in [1.29, 1.82) is 0 Å². The molecule has 44 heavy (non-hydrogen) atoms. The van der Waals surface area contributed by atoms with Crippen LogP contribution in [-0.4, -0.2) is 43.0 Å². The van der Waals surface area contributed by atoms with E-state index in [1.54, 1.807) is 20.8 Å². The minimum absolute atomic E-state index is 0.0995. The summed E-state index contributed by atoms with van der Waals surface area (Å²) in [7, 11) is 0. The van der Waals surface area contributed by atoms with Crippen LogP contribution in [0.25, 0.3) is 0 Å². The van der Waals surface area contributed by atoms with Gasteiger partial charge in [-0.25, -0.2) is 0 Å². The fourth-order valence-corrected chi connectivity index (χ4v) is 3.00. The molecule has 0 heterocycles. The topological polar surface area (TPSA) is 72.8 Å². The maximum Gasteiger partial charge on any atom is 0.422 e. The lowest BCUT2D eigenvalue weighted by Crippen LogP contribution is -2.29. The number of rotatable bonds is 11. The minimum atomic E-state index is -4.44. The largest absolute Gasteiger partial charge is 0.463 e. The van der Waals surface area contributed by atoms with Gasteiger partial charge in [0.1, 0.15) is 6.61 Å². The van der Waals surface area contributed by atoms with Gasteiger partial charge in [0.05, 0.1) is 17.4 Å². The molecular formula is C36H57F3O5. The molecule has 2 rings (SSSR count). The number of benzene rings is 2. The van der Waals surface area contributed by atoms with E-state index in [9.17, 15) is 22.8 Å². The first-order valence-electron chi connectivity index (χ1n) is 15.5. The van der Waals surface area contributed by atoms with Crippen molar-refractivity contribution in [2.24, 2.45) is 10.8 Å². The van der Waals surface area contributed by atoms with Gasteiger partial charge in [0.2, 0.25) is 0 Å². The fourth-order valence-electron chi connectivity index (χ4n) is 3.00. The van der Waals surface area contributed by atoms with Gasteiger partial charge in [0.25, 0.3) is 0 Å². The molecule has 2 aromatic carbocycles. The molecule has 0 fully saturated rings. The van der Waals surface area contributed by atoms with E-state index in [4.69, 9.17) is 9.84 Å². The molecule has 2 unspecified atom stereocenters. The number of halogens is 3. The summed E-state index contributed by atoms with van der Waals surface area (Å²) in [6.45, 7) is 17.8. The third kappa shape index (κ3) is 20.2. The summed E-state index contributed by atoms with van der Waals surface area (Å²) in [5.41, 5.74) is 1.63. The number of ether oxygens (including phenoxy) is 2. The summed E-state index contributed by atoms with van der Waals surface area (Å²) in [4.78, 5) is 22.1. The summed E-state index contributed by atoms with van der Waals surface area (Å²) >= 11 is 0. The quantitative estimate of drug-likeness (QED) is 0.251. The molecule has 0 aliphatic heterocycles. The van der Waals surface area contributed by atoms with Crippen molar-refractivity contribution in [3.05, 3.63) is 71.8 Å². The van der Waals surface area contributed by atoms with Crippen molar-refractivity contribution in [2.75, 3.05) is 19.8 Å². The van der Waals surface area contributed by atoms with Crippen LogP contribution in [-0.2, 0) is 19.1 Å². The Balaban J connectivity index is 0. The molecule has 2 aromatic rings. The Labute approximate surface area is 264 Å². The van der Waals surface area contributed by atoms with Gasteiger partial charge in [-0.1, -0.05) is 102 Å². The van der Waals surface area contributed by atoms with Gasteiger partial charge < -0.3 is 14.6 Å². The van der Waals surface area contributed by atoms with Crippen LogP contribution >= 0.6 is 0 Å². The highest BCUT2D eigenvalue weighted by atomic mass is 19.4. The van der Waals surface area contributed by atoms with Crippen LogP contribution in [0.15, 0.2) is 60.7 Å². The van der Waals surface area contributed by atoms with Crippen LogP contribution in [0.3, 0.4) is 0 Å². The van der Waals surface area contributed by atoms with Crippen molar-refractivity contribution in [2.45, 2.75) is 113 Å². The van der Waals surface area contributed by atoms with E-state index < -0.39 is 29.6 Å². The lowest BCUT2D eigenvalue weighted by Gasteiger charge is -2.20. The first-order valence-corrected chi connectivity index (χ1v) is 15.5. The van der Waals surface area contributed by atoms with E-state index >= 15 is 0 Å². The number of hydrogen-bond acceptors (Lipinski definition) is 5. The molecule has 0 aromatic heterocycles. The molecule has 5 nitrogen and oxygen atoms in total. The van der Waals surface area contributed by atoms with E-state index in [0.29, 0.717) is 18.3 Å². The van der Waals surface area contributed by atoms with Gasteiger partial charge in [-0.15, -0.1) is 0 Å². The van der Waals surface area contributed by atoms with Crippen molar-refractivity contribution in [3.63, 3.8) is 0 Å². The summed E-state index contributed by atoms with van der Waals surface area (Å²) in [5, 5.41) is 8.38. The van der Waals surface area contributed by atoms with Crippen LogP contribution in [0.1, 0.15) is 118 Å². The van der Waals surface area contributed by atoms with E-state index in [2.05, 4.69) is 93.1 Å². The molecular weight excluding hydrogens is 569 g/mol. The molecule has 0 spiro atoms. The fraction of sp³-hybridized carbons (Fsp3) is 0.611. The second-order valence-electron chi connectivity index (χ2n) is 12.0. The molecule has 0 saturated heterocycles. The molecule has 252 valence electrons. The predicted octanol–water partition coefficient (Wildman–Crippen LogP) is 9.89. The zero-order valence-electron chi connectivity index (χ0n) is 28.6. The monoisotopic (exact) mass is 626 g/mol. The number of esters is 2. The molecule has 0 aliphatic rings. The molecule has 1 N–H and O–H groups in total. The highest BCUT2D eigenvalue weighted by Gasteiger charge is 2.34. The standard InChI is InChI=1S/2C10H14.C8H13F3O2.C8H16O3/c2*1-3-9(2)10-7-5-4-6-8-10;1-4-7(2,3)6(12)13-5-8(9,10)11;1-4-8(2,3)7(10)11-6-5-9/h2*4-9H,3H2,1-2H3;4-5H2,1-3H3;9H,4-6H2,1-3H3. The first-order chi connectivity index (χ1) is 20.4. The molecule has 0 aliphatic carbocycles. The third-order valence-corrected chi connectivity index (χ3v) is 7.53. The van der Waals surface area contributed by atoms with Crippen molar-refractivity contribution < 1.29 is 37.3 Å². The highest BCUT2D eigenvalue weighted by molar-refractivity contribution is 5.76. The first kappa shape index (κ1) is 43.3. The lowest BCUT2D eigenvalue weighted by atomic mass is 9.91. The maximum atomic E-state index is 11.6. The zero-order valence-corrected chi connectivity index (χ0v) is 28.6. The van der Waals surface area contributed by atoms with Gasteiger partial charge in [-0.3, -0.25) is 9.59 Å². The highest BCUT2D eigenvalue weighted by Crippen LogP contribution is 2.24. The van der Waals surface area contributed by atoms with Gasteiger partial charge >= 0.3 is 18.1 Å². The molecule has 0 bridgehead atoms. The molecule has 0 saturated carbocycles. The number of hydrogen-bond donors (Lipinski definition) is 1. The SMILES string of the molecule is CCC(C)(C)C(=O)OCC(F)(F)F.CCC(C)(C)C(=O)OCCO.CCC(C)c1ccccc1.CCC(C)c1ccccc1. The number of carbonyl (C=O) groups is 2. The predicted molar refractivity (Wildman–Crippen MR) is 173 cm³/mol. The summed E-state index contributed by atoms with van der Waals surface area (Å²) in [6.07, 6.45) is -0.797. The normalized spacial score (nSPS) is 12.5. The Morgan fingerprint density at radius 3 is 1.30 bits per heavy atom. The molecule has 8 heteroatoms. The summed E-state index contributed by atoms with van der Waals surface area (Å²) in [6, 6.07) is 21.3. The van der Waals surface area contributed by atoms with Crippen molar-refractivity contribution in [1.82, 2.24) is 0 Å². The van der Waals surface area contributed by atoms with E-state index in [0.717, 1.165) is 6.42 Å². The number of alkyl halides is 3. The van der Waals surface area contributed by atoms with Crippen LogP contribution in [0.5, 0.6) is 0 Å². The lowest BCUT2D eigenvalue weighted by molar-refractivity contribution is -0.192. The van der Waals surface area contributed by atoms with E-state index in [1.807, 2.05) is 20.8 Å². The van der Waals surface area contributed by atoms with Gasteiger partial charge in [-0.05, 0) is 76.3 Å². The second kappa shape index (κ2) is 22.6. The Bertz CT molecular complexity index is 960. The third-order valence-electron chi connectivity index (χ3n) is 7.53. The van der Waals surface area contributed by atoms with Crippen LogP contribution < -0.4 is 0 Å². The Morgan fingerprint density at radius 1 is 0.682 bits per heavy atom. The van der Waals surface area contributed by atoms with Gasteiger partial charge in [0, 0.05) is 0 Å². The second-order valence-corrected chi connectivity index (χ2v) is 12.0. The van der Waals surface area contributed by atoms with E-state index in [-0.39, 0.29) is 19.2 Å². The molecule has 0 radical (unpaired) electrons. The average Bonchev–Trinajstić information content (AvgIpc) is 3.02. The molecule has 2 atom stereocenters. The Morgan fingerprint density at radius 2 is 1.02 bits per heavy atom. The Kier molecular flexibility index (Phi) is 22.2. The smallest absolute Gasteiger partial charge is 0.422 e. The number of carbonyl (C=O) groups excluding carboxylic acids is 2. The van der Waals surface area contributed by atoms with Crippen LogP contribution in [0.4, 0.5) is 13.2 Å². The van der Waals surface area contributed by atoms with Gasteiger partial charge in [-0.2, -0.15) is 13.2 Å².